The molecule has 2 atom stereocenters. The van der Waals surface area contributed by atoms with Crippen molar-refractivity contribution in [2.75, 3.05) is 51.2 Å². The van der Waals surface area contributed by atoms with Crippen molar-refractivity contribution in [3.63, 3.8) is 0 Å². The number of likely N-dealkylation sites (N-methyl/N-ethyl adjacent to an activating group) is 1. The zero-order chi connectivity index (χ0) is 27.4. The highest BCUT2D eigenvalue weighted by molar-refractivity contribution is 5.95. The van der Waals surface area contributed by atoms with Crippen molar-refractivity contribution in [2.24, 2.45) is 5.92 Å². The van der Waals surface area contributed by atoms with Gasteiger partial charge in [0.15, 0.2) is 5.65 Å². The molecule has 2 aromatic rings. The first-order chi connectivity index (χ1) is 18.1. The first-order valence-electron chi connectivity index (χ1n) is 13.0. The molecule has 0 spiro atoms. The number of nitriles is 1. The third kappa shape index (κ3) is 6.05. The highest BCUT2D eigenvalue weighted by atomic mass is 16.6. The van der Waals surface area contributed by atoms with E-state index in [1.807, 2.05) is 40.0 Å². The number of ketones is 1. The van der Waals surface area contributed by atoms with Gasteiger partial charge in [-0.25, -0.2) is 19.6 Å². The van der Waals surface area contributed by atoms with Crippen LogP contribution in [0.4, 0.5) is 15.4 Å². The predicted molar refractivity (Wildman–Crippen MR) is 141 cm³/mol. The van der Waals surface area contributed by atoms with E-state index in [0.717, 1.165) is 18.4 Å². The van der Waals surface area contributed by atoms with Crippen molar-refractivity contribution < 1.29 is 19.1 Å². The minimum atomic E-state index is -0.571. The summed E-state index contributed by atoms with van der Waals surface area (Å²) in [6.07, 6.45) is 3.88. The van der Waals surface area contributed by atoms with Crippen LogP contribution in [0.25, 0.3) is 11.0 Å². The number of hydrogen-bond donors (Lipinski definition) is 1. The number of nitrogens with one attached hydrogen (secondary N) is 1. The van der Waals surface area contributed by atoms with Gasteiger partial charge in [0, 0.05) is 58.4 Å². The van der Waals surface area contributed by atoms with Gasteiger partial charge in [0.1, 0.15) is 23.5 Å². The second-order valence-electron chi connectivity index (χ2n) is 10.9. The van der Waals surface area contributed by atoms with Crippen molar-refractivity contribution in [1.29, 1.82) is 5.26 Å². The van der Waals surface area contributed by atoms with Crippen LogP contribution in [0, 0.1) is 17.2 Å². The largest absolute Gasteiger partial charge is 0.444 e. The Kier molecular flexibility index (Phi) is 8.16. The molecule has 2 aliphatic rings. The molecule has 0 aliphatic carbocycles. The van der Waals surface area contributed by atoms with E-state index in [1.165, 1.54) is 10.9 Å². The van der Waals surface area contributed by atoms with Gasteiger partial charge in [0.05, 0.1) is 17.9 Å². The molecule has 4 rings (SSSR count). The number of carbonyl (C=O) groups is 3. The normalized spacial score (nSPS) is 20.2. The van der Waals surface area contributed by atoms with E-state index < -0.39 is 5.60 Å². The lowest BCUT2D eigenvalue weighted by molar-refractivity contribution is -0.119. The topological polar surface area (TPSA) is 137 Å². The second-order valence-corrected chi connectivity index (χ2v) is 10.9. The monoisotopic (exact) mass is 524 g/mol. The summed E-state index contributed by atoms with van der Waals surface area (Å²) in [4.78, 5) is 52.3. The van der Waals surface area contributed by atoms with Crippen LogP contribution in [0.2, 0.25) is 0 Å². The SMILES string of the molecule is CN(c1ncnc2c1ccn2C(=O)N1CCN(C(=O)OC(C)(C)C)CC1)[C@H]1CNCC[C@@H]1CC(=O)CC#N. The first kappa shape index (κ1) is 27.3. The van der Waals surface area contributed by atoms with Crippen LogP contribution >= 0.6 is 0 Å². The number of nitrogens with zero attached hydrogens (tertiary/aromatic N) is 7. The van der Waals surface area contributed by atoms with E-state index in [1.54, 1.807) is 16.0 Å². The van der Waals surface area contributed by atoms with E-state index in [4.69, 9.17) is 10.00 Å². The number of fused-ring (bicyclic) bond motifs is 1. The Morgan fingerprint density at radius 3 is 2.58 bits per heavy atom. The van der Waals surface area contributed by atoms with Crippen molar-refractivity contribution in [1.82, 2.24) is 29.7 Å². The summed E-state index contributed by atoms with van der Waals surface area (Å²) < 4.78 is 6.97. The highest BCUT2D eigenvalue weighted by Crippen LogP contribution is 2.30. The molecule has 204 valence electrons. The Morgan fingerprint density at radius 1 is 1.18 bits per heavy atom. The minimum absolute atomic E-state index is 0.00414. The van der Waals surface area contributed by atoms with Crippen LogP contribution in [-0.4, -0.2) is 100 Å². The molecule has 38 heavy (non-hydrogen) atoms. The summed E-state index contributed by atoms with van der Waals surface area (Å²) in [7, 11) is 1.94. The molecule has 2 saturated heterocycles. The summed E-state index contributed by atoms with van der Waals surface area (Å²) >= 11 is 0. The van der Waals surface area contributed by atoms with Gasteiger partial charge in [0.2, 0.25) is 0 Å². The van der Waals surface area contributed by atoms with Crippen molar-refractivity contribution in [3.8, 4) is 6.07 Å². The fourth-order valence-corrected chi connectivity index (χ4v) is 5.13. The molecular weight excluding hydrogens is 488 g/mol. The smallest absolute Gasteiger partial charge is 0.410 e. The van der Waals surface area contributed by atoms with Crippen LogP contribution in [0.5, 0.6) is 0 Å². The van der Waals surface area contributed by atoms with Gasteiger partial charge in [-0.15, -0.1) is 0 Å². The maximum absolute atomic E-state index is 13.4. The van der Waals surface area contributed by atoms with Crippen molar-refractivity contribution >= 4 is 34.8 Å². The zero-order valence-corrected chi connectivity index (χ0v) is 22.5. The second kappa shape index (κ2) is 11.3. The molecule has 0 radical (unpaired) electrons. The number of anilines is 1. The highest BCUT2D eigenvalue weighted by Gasteiger charge is 2.32. The van der Waals surface area contributed by atoms with E-state index in [2.05, 4.69) is 20.2 Å². The number of ether oxygens (including phenoxy) is 1. The Hall–Kier alpha value is -3.72. The molecule has 1 N–H and O–H groups in total. The number of amides is 2. The molecule has 0 aromatic carbocycles. The molecule has 0 bridgehead atoms. The Labute approximate surface area is 222 Å². The van der Waals surface area contributed by atoms with Gasteiger partial charge in [-0.1, -0.05) is 0 Å². The number of rotatable bonds is 5. The summed E-state index contributed by atoms with van der Waals surface area (Å²) in [5.74, 6) is 0.731. The van der Waals surface area contributed by atoms with Gasteiger partial charge in [-0.2, -0.15) is 5.26 Å². The van der Waals surface area contributed by atoms with Crippen molar-refractivity contribution in [3.05, 3.63) is 18.6 Å². The van der Waals surface area contributed by atoms with E-state index in [0.29, 0.717) is 50.6 Å². The summed E-state index contributed by atoms with van der Waals surface area (Å²) in [5, 5.41) is 13.0. The number of carbonyl (C=O) groups excluding carboxylic acids is 3. The number of hydrogen-bond acceptors (Lipinski definition) is 9. The molecule has 0 saturated carbocycles. The number of piperazine rings is 1. The fraction of sp³-hybridized carbons (Fsp3) is 0.615. The van der Waals surface area contributed by atoms with E-state index in [-0.39, 0.29) is 36.3 Å². The van der Waals surface area contributed by atoms with Gasteiger partial charge in [0.25, 0.3) is 0 Å². The molecule has 4 heterocycles. The molecule has 0 unspecified atom stereocenters. The molecule has 12 nitrogen and oxygen atoms in total. The van der Waals surface area contributed by atoms with Crippen LogP contribution in [-0.2, 0) is 9.53 Å². The third-order valence-corrected chi connectivity index (χ3v) is 7.06. The molecule has 2 aromatic heterocycles. The summed E-state index contributed by atoms with van der Waals surface area (Å²) in [6.45, 7) is 8.56. The standard InChI is InChI=1S/C26H36N8O4/c1-26(2,3)38-25(37)33-13-11-32(12-14-33)24(36)34-10-7-20-22(29-17-30-23(20)34)31(4)21-16-28-9-6-18(21)15-19(35)5-8-27/h7,10,17-18,21,28H,5-6,9,11-16H2,1-4H3/t18-,21+/m1/s1. The summed E-state index contributed by atoms with van der Waals surface area (Å²) in [6, 6.07) is 3.58. The Bertz CT molecular complexity index is 1220. The zero-order valence-electron chi connectivity index (χ0n) is 22.5. The summed E-state index contributed by atoms with van der Waals surface area (Å²) in [5.41, 5.74) is -0.0688. The quantitative estimate of drug-likeness (QED) is 0.624. The van der Waals surface area contributed by atoms with Crippen LogP contribution in [0.15, 0.2) is 18.6 Å². The van der Waals surface area contributed by atoms with Crippen LogP contribution in [0.1, 0.15) is 40.0 Å². The number of aromatic nitrogens is 3. The van der Waals surface area contributed by atoms with E-state index in [9.17, 15) is 14.4 Å². The van der Waals surface area contributed by atoms with Gasteiger partial charge in [-0.3, -0.25) is 9.36 Å². The maximum Gasteiger partial charge on any atom is 0.410 e. The van der Waals surface area contributed by atoms with E-state index >= 15 is 0 Å². The fourth-order valence-electron chi connectivity index (χ4n) is 5.13. The molecule has 2 fully saturated rings. The number of piperidine rings is 1. The average molecular weight is 525 g/mol. The van der Waals surface area contributed by atoms with Gasteiger partial charge in [-0.05, 0) is 45.7 Å². The first-order valence-corrected chi connectivity index (χ1v) is 13.0. The van der Waals surface area contributed by atoms with Gasteiger partial charge < -0.3 is 24.8 Å². The lowest BCUT2D eigenvalue weighted by Gasteiger charge is -2.39. The lowest BCUT2D eigenvalue weighted by atomic mass is 9.86. The van der Waals surface area contributed by atoms with Gasteiger partial charge >= 0.3 is 12.1 Å². The maximum atomic E-state index is 13.4. The van der Waals surface area contributed by atoms with Crippen LogP contribution in [0.3, 0.4) is 0 Å². The lowest BCUT2D eigenvalue weighted by Crippen LogP contribution is -2.52. The molecule has 12 heteroatoms. The number of Topliss-reactive ketones (excluding diaryl/α,β-unsaturated/α-hetero) is 1. The predicted octanol–water partition coefficient (Wildman–Crippen LogP) is 2.24. The van der Waals surface area contributed by atoms with Crippen LogP contribution < -0.4 is 10.2 Å². The molecule has 2 amide bonds. The third-order valence-electron chi connectivity index (χ3n) is 7.06. The molecule has 2 aliphatic heterocycles. The average Bonchev–Trinajstić information content (AvgIpc) is 3.32. The Balaban J connectivity index is 1.48. The molecular formula is C26H36N8O4. The minimum Gasteiger partial charge on any atom is -0.444 e. The van der Waals surface area contributed by atoms with Crippen molar-refractivity contribution in [2.45, 2.75) is 51.7 Å². The Morgan fingerprint density at radius 2 is 1.89 bits per heavy atom.